The van der Waals surface area contributed by atoms with E-state index in [0.717, 1.165) is 42.3 Å². The molecule has 0 spiro atoms. The number of amides is 1. The lowest BCUT2D eigenvalue weighted by Crippen LogP contribution is -2.51. The van der Waals surface area contributed by atoms with Gasteiger partial charge >= 0.3 is 0 Å². The molecule has 3 aliphatic heterocycles. The van der Waals surface area contributed by atoms with Gasteiger partial charge < -0.3 is 14.4 Å². The first-order chi connectivity index (χ1) is 16.9. The van der Waals surface area contributed by atoms with Crippen LogP contribution < -0.4 is 9.47 Å². The Morgan fingerprint density at radius 3 is 2.40 bits per heavy atom. The summed E-state index contributed by atoms with van der Waals surface area (Å²) in [7, 11) is -3.39. The summed E-state index contributed by atoms with van der Waals surface area (Å²) >= 11 is 0. The van der Waals surface area contributed by atoms with E-state index in [0.29, 0.717) is 39.0 Å². The van der Waals surface area contributed by atoms with Gasteiger partial charge in [-0.15, -0.1) is 0 Å². The highest BCUT2D eigenvalue weighted by Gasteiger charge is 2.34. The van der Waals surface area contributed by atoms with E-state index in [2.05, 4.69) is 11.0 Å². The minimum absolute atomic E-state index is 0.0175. The lowest BCUT2D eigenvalue weighted by Gasteiger charge is -2.38. The van der Waals surface area contributed by atoms with E-state index < -0.39 is 10.0 Å². The number of carbonyl (C=O) groups is 1. The fourth-order valence-corrected chi connectivity index (χ4v) is 6.79. The lowest BCUT2D eigenvalue weighted by atomic mass is 9.96. The van der Waals surface area contributed by atoms with Crippen molar-refractivity contribution < 1.29 is 22.7 Å². The summed E-state index contributed by atoms with van der Waals surface area (Å²) in [5.74, 6) is 1.68. The molecule has 188 valence electrons. The minimum atomic E-state index is -3.39. The Kier molecular flexibility index (Phi) is 7.00. The number of sulfonamides is 1. The van der Waals surface area contributed by atoms with Gasteiger partial charge in [0.2, 0.25) is 22.7 Å². The number of carbonyl (C=O) groups excluding carboxylic acids is 1. The second kappa shape index (κ2) is 10.2. The predicted molar refractivity (Wildman–Crippen MR) is 133 cm³/mol. The fraction of sp³-hybridized carbons (Fsp3) is 0.500. The highest BCUT2D eigenvalue weighted by atomic mass is 32.2. The van der Waals surface area contributed by atoms with Gasteiger partial charge in [-0.05, 0) is 48.6 Å². The maximum atomic E-state index is 13.1. The number of hydrogen-bond donors (Lipinski definition) is 0. The molecule has 0 radical (unpaired) electrons. The lowest BCUT2D eigenvalue weighted by molar-refractivity contribution is -0.138. The summed E-state index contributed by atoms with van der Waals surface area (Å²) in [6, 6.07) is 13.6. The van der Waals surface area contributed by atoms with Crippen LogP contribution in [0, 0.1) is 12.8 Å². The van der Waals surface area contributed by atoms with Gasteiger partial charge in [0.05, 0.1) is 5.75 Å². The van der Waals surface area contributed by atoms with Crippen molar-refractivity contribution in [3.8, 4) is 11.5 Å². The molecule has 1 amide bonds. The van der Waals surface area contributed by atoms with Gasteiger partial charge in [-0.2, -0.15) is 0 Å². The number of piperazine rings is 1. The van der Waals surface area contributed by atoms with E-state index >= 15 is 0 Å². The first kappa shape index (κ1) is 24.1. The molecule has 0 aliphatic carbocycles. The van der Waals surface area contributed by atoms with Crippen molar-refractivity contribution in [2.24, 2.45) is 5.92 Å². The second-order valence-electron chi connectivity index (χ2n) is 9.65. The van der Waals surface area contributed by atoms with E-state index in [1.54, 1.807) is 4.31 Å². The summed E-state index contributed by atoms with van der Waals surface area (Å²) in [6.07, 6.45) is 1.17. The summed E-state index contributed by atoms with van der Waals surface area (Å²) in [4.78, 5) is 17.5. The maximum Gasteiger partial charge on any atom is 0.231 e. The van der Waals surface area contributed by atoms with Crippen LogP contribution in [0.5, 0.6) is 11.5 Å². The highest BCUT2D eigenvalue weighted by molar-refractivity contribution is 7.88. The molecule has 0 atom stereocenters. The molecule has 3 aliphatic rings. The minimum Gasteiger partial charge on any atom is -0.454 e. The smallest absolute Gasteiger partial charge is 0.231 e. The van der Waals surface area contributed by atoms with Crippen LogP contribution in [0.1, 0.15) is 29.5 Å². The monoisotopic (exact) mass is 499 g/mol. The molecule has 0 N–H and O–H groups in total. The third-order valence-electron chi connectivity index (χ3n) is 7.32. The SMILES string of the molecule is Cc1ccccc1CS(=O)(=O)N1CCC(C(=O)N2CCN(Cc3ccc4c(c3)OCO4)CC2)CC1. The molecule has 9 heteroatoms. The molecule has 2 aromatic rings. The Bertz CT molecular complexity index is 1170. The van der Waals surface area contributed by atoms with Gasteiger partial charge in [-0.1, -0.05) is 30.3 Å². The van der Waals surface area contributed by atoms with Crippen molar-refractivity contribution in [1.82, 2.24) is 14.1 Å². The van der Waals surface area contributed by atoms with Crippen molar-refractivity contribution in [2.75, 3.05) is 46.1 Å². The summed E-state index contributed by atoms with van der Waals surface area (Å²) in [5.41, 5.74) is 3.00. The number of hydrogen-bond acceptors (Lipinski definition) is 6. The van der Waals surface area contributed by atoms with Crippen molar-refractivity contribution in [3.05, 3.63) is 59.2 Å². The van der Waals surface area contributed by atoms with Crippen LogP contribution in [-0.4, -0.2) is 74.5 Å². The fourth-order valence-electron chi connectivity index (χ4n) is 5.12. The molecular formula is C26H33N3O5S. The number of aryl methyl sites for hydroxylation is 1. The highest BCUT2D eigenvalue weighted by Crippen LogP contribution is 2.33. The molecular weight excluding hydrogens is 466 g/mol. The van der Waals surface area contributed by atoms with Gasteiger partial charge in [0.25, 0.3) is 0 Å². The van der Waals surface area contributed by atoms with Crippen molar-refractivity contribution >= 4 is 15.9 Å². The summed E-state index contributed by atoms with van der Waals surface area (Å²) in [6.45, 7) is 6.90. The van der Waals surface area contributed by atoms with Crippen LogP contribution in [0.15, 0.2) is 42.5 Å². The van der Waals surface area contributed by atoms with Gasteiger partial charge in [0.15, 0.2) is 11.5 Å². The third kappa shape index (κ3) is 5.47. The van der Waals surface area contributed by atoms with Crippen molar-refractivity contribution in [3.63, 3.8) is 0 Å². The molecule has 5 rings (SSSR count). The molecule has 0 bridgehead atoms. The third-order valence-corrected chi connectivity index (χ3v) is 9.15. The van der Waals surface area contributed by atoms with E-state index in [9.17, 15) is 13.2 Å². The van der Waals surface area contributed by atoms with E-state index in [-0.39, 0.29) is 24.4 Å². The molecule has 0 unspecified atom stereocenters. The van der Waals surface area contributed by atoms with Crippen LogP contribution in [0.3, 0.4) is 0 Å². The van der Waals surface area contributed by atoms with Gasteiger partial charge in [-0.3, -0.25) is 9.69 Å². The summed E-state index contributed by atoms with van der Waals surface area (Å²) in [5, 5.41) is 0. The quantitative estimate of drug-likeness (QED) is 0.608. The van der Waals surface area contributed by atoms with Crippen LogP contribution in [0.4, 0.5) is 0 Å². The molecule has 0 saturated carbocycles. The zero-order valence-electron chi connectivity index (χ0n) is 20.2. The Balaban J connectivity index is 1.09. The number of nitrogens with zero attached hydrogens (tertiary/aromatic N) is 3. The number of ether oxygens (including phenoxy) is 2. The number of rotatable bonds is 6. The standard InChI is InChI=1S/C26H33N3O5S/c1-20-4-2-3-5-23(20)18-35(31,32)29-10-8-22(9-11-29)26(30)28-14-12-27(13-15-28)17-21-6-7-24-25(16-21)34-19-33-24/h2-7,16,22H,8-15,17-19H2,1H3. The molecule has 3 heterocycles. The molecule has 2 fully saturated rings. The van der Waals surface area contributed by atoms with Gasteiger partial charge in [0.1, 0.15) is 0 Å². The molecule has 0 aromatic heterocycles. The number of fused-ring (bicyclic) bond motifs is 1. The molecule has 2 aromatic carbocycles. The zero-order chi connectivity index (χ0) is 24.4. The summed E-state index contributed by atoms with van der Waals surface area (Å²) < 4.78 is 38.3. The first-order valence-electron chi connectivity index (χ1n) is 12.3. The van der Waals surface area contributed by atoms with E-state index in [4.69, 9.17) is 9.47 Å². The molecule has 35 heavy (non-hydrogen) atoms. The Morgan fingerprint density at radius 1 is 0.943 bits per heavy atom. The number of benzene rings is 2. The Morgan fingerprint density at radius 2 is 1.66 bits per heavy atom. The van der Waals surface area contributed by atoms with Crippen molar-refractivity contribution in [2.45, 2.75) is 32.1 Å². The maximum absolute atomic E-state index is 13.1. The van der Waals surface area contributed by atoms with Gasteiger partial charge in [0, 0.05) is 51.7 Å². The van der Waals surface area contributed by atoms with E-state index in [1.165, 1.54) is 5.56 Å². The largest absolute Gasteiger partial charge is 0.454 e. The molecule has 2 saturated heterocycles. The van der Waals surface area contributed by atoms with Crippen molar-refractivity contribution in [1.29, 1.82) is 0 Å². The molecule has 8 nitrogen and oxygen atoms in total. The first-order valence-corrected chi connectivity index (χ1v) is 13.9. The topological polar surface area (TPSA) is 79.4 Å². The Hall–Kier alpha value is -2.62. The predicted octanol–water partition coefficient (Wildman–Crippen LogP) is 2.61. The average molecular weight is 500 g/mol. The van der Waals surface area contributed by atoms with Gasteiger partial charge in [-0.25, -0.2) is 12.7 Å². The van der Waals surface area contributed by atoms with Crippen LogP contribution in [0.25, 0.3) is 0 Å². The zero-order valence-corrected chi connectivity index (χ0v) is 21.0. The van der Waals surface area contributed by atoms with Crippen LogP contribution in [0.2, 0.25) is 0 Å². The normalized spacial score (nSPS) is 19.7. The van der Waals surface area contributed by atoms with E-state index in [1.807, 2.05) is 48.2 Å². The average Bonchev–Trinajstić information content (AvgIpc) is 3.33. The van der Waals surface area contributed by atoms with Crippen LogP contribution >= 0.6 is 0 Å². The van der Waals surface area contributed by atoms with Crippen LogP contribution in [-0.2, 0) is 27.1 Å². The number of piperidine rings is 1. The Labute approximate surface area is 207 Å². The second-order valence-corrected chi connectivity index (χ2v) is 11.6.